The largest absolute Gasteiger partial charge is 0.284 e. The van der Waals surface area contributed by atoms with E-state index in [9.17, 15) is 4.79 Å². The number of H-pyrrole nitrogens is 1. The Morgan fingerprint density at radius 1 is 2.00 bits per heavy atom. The van der Waals surface area contributed by atoms with Gasteiger partial charge in [-0.1, -0.05) is 0 Å². The molecule has 0 fully saturated rings. The van der Waals surface area contributed by atoms with Crippen LogP contribution in [0.2, 0.25) is 0 Å². The first kappa shape index (κ1) is 4.11. The zero-order valence-electron chi connectivity index (χ0n) is 3.88. The fourth-order valence-corrected chi connectivity index (χ4v) is 0.356. The molecule has 0 aliphatic rings. The predicted molar refractivity (Wildman–Crippen MR) is 23.8 cm³/mol. The molecule has 7 heavy (non-hydrogen) atoms. The van der Waals surface area contributed by atoms with Crippen LogP contribution >= 0.6 is 0 Å². The van der Waals surface area contributed by atoms with Gasteiger partial charge in [-0.05, 0) is 0 Å². The minimum absolute atomic E-state index is 0.164. The molecule has 0 bridgehead atoms. The van der Waals surface area contributed by atoms with E-state index < -0.39 is 0 Å². The first-order chi connectivity index (χ1) is 3.29. The van der Waals surface area contributed by atoms with Gasteiger partial charge in [0, 0.05) is 7.05 Å². The number of hydrogen-bond donors (Lipinski definition) is 1. The maximum absolute atomic E-state index is 10.2. The molecule has 0 aliphatic heterocycles. The highest BCUT2D eigenvalue weighted by Gasteiger charge is 1.79. The second-order valence-electron chi connectivity index (χ2n) is 1.24. The van der Waals surface area contributed by atoms with E-state index in [1.807, 2.05) is 0 Å². The fourth-order valence-electron chi connectivity index (χ4n) is 0.356. The van der Waals surface area contributed by atoms with Crippen molar-refractivity contribution < 1.29 is 0 Å². The molecule has 1 rings (SSSR count). The van der Waals surface area contributed by atoms with Gasteiger partial charge in [-0.15, -0.1) is 0 Å². The van der Waals surface area contributed by atoms with Crippen molar-refractivity contribution >= 4 is 0 Å². The summed E-state index contributed by atoms with van der Waals surface area (Å²) in [6, 6.07) is 0. The maximum atomic E-state index is 10.2. The van der Waals surface area contributed by atoms with Crippen molar-refractivity contribution in [3.8, 4) is 0 Å². The molecule has 0 aliphatic carbocycles. The second kappa shape index (κ2) is 1.22. The van der Waals surface area contributed by atoms with Gasteiger partial charge in [0.2, 0.25) is 0 Å². The Kier molecular flexibility index (Phi) is 0.714. The quantitative estimate of drug-likeness (QED) is 0.458. The summed E-state index contributed by atoms with van der Waals surface area (Å²) >= 11 is 0. The van der Waals surface area contributed by atoms with E-state index in [1.165, 1.54) is 11.0 Å². The van der Waals surface area contributed by atoms with Crippen LogP contribution in [0, 0.1) is 0 Å². The Morgan fingerprint density at radius 3 is 2.86 bits per heavy atom. The lowest BCUT2D eigenvalue weighted by atomic mass is 10.9. The summed E-state index contributed by atoms with van der Waals surface area (Å²) < 4.78 is 0. The lowest BCUT2D eigenvalue weighted by molar-refractivity contribution is 0.649. The van der Waals surface area contributed by atoms with E-state index >= 15 is 0 Å². The van der Waals surface area contributed by atoms with E-state index in [1.54, 1.807) is 7.05 Å². The van der Waals surface area contributed by atoms with Gasteiger partial charge in [0.05, 0.1) is 0 Å². The van der Waals surface area contributed by atoms with E-state index in [-0.39, 0.29) is 5.56 Å². The van der Waals surface area contributed by atoms with E-state index in [4.69, 9.17) is 0 Å². The molecule has 1 aromatic heterocycles. The third-order valence-corrected chi connectivity index (χ3v) is 0.620. The molecule has 38 valence electrons. The molecule has 0 amide bonds. The molecular formula is C3H5N3O. The van der Waals surface area contributed by atoms with Gasteiger partial charge in [0.25, 0.3) is 5.56 Å². The van der Waals surface area contributed by atoms with Gasteiger partial charge < -0.3 is 0 Å². The first-order valence-corrected chi connectivity index (χ1v) is 1.87. The summed E-state index contributed by atoms with van der Waals surface area (Å²) in [7, 11) is 1.65. The third-order valence-electron chi connectivity index (χ3n) is 0.620. The molecule has 0 saturated heterocycles. The summed E-state index contributed by atoms with van der Waals surface area (Å²) in [4.78, 5) is 11.5. The van der Waals surface area contributed by atoms with Gasteiger partial charge in [0.1, 0.15) is 6.20 Å². The van der Waals surface area contributed by atoms with Crippen molar-refractivity contribution in [3.05, 3.63) is 16.6 Å². The average molecular weight is 99.1 g/mol. The van der Waals surface area contributed by atoms with Gasteiger partial charge in [-0.25, -0.2) is 9.90 Å². The number of hydrogen-bond acceptors (Lipinski definition) is 2. The van der Waals surface area contributed by atoms with Gasteiger partial charge in [0.15, 0.2) is 0 Å². The van der Waals surface area contributed by atoms with Crippen LogP contribution in [0.4, 0.5) is 0 Å². The number of aryl methyl sites for hydroxylation is 1. The van der Waals surface area contributed by atoms with Crippen molar-refractivity contribution in [1.29, 1.82) is 0 Å². The van der Waals surface area contributed by atoms with Gasteiger partial charge >= 0.3 is 0 Å². The molecule has 4 nitrogen and oxygen atoms in total. The summed E-state index contributed by atoms with van der Waals surface area (Å²) in [6.07, 6.45) is 1.22. The van der Waals surface area contributed by atoms with Crippen molar-refractivity contribution in [2.24, 2.45) is 7.05 Å². The molecule has 4 heteroatoms. The highest BCUT2D eigenvalue weighted by atomic mass is 16.1. The Bertz CT molecular complexity index is 198. The number of aromatic amines is 1. The molecule has 0 radical (unpaired) electrons. The summed E-state index contributed by atoms with van der Waals surface area (Å²) in [5, 5.41) is 5.95. The van der Waals surface area contributed by atoms with Crippen LogP contribution in [0.5, 0.6) is 0 Å². The van der Waals surface area contributed by atoms with E-state index in [0.717, 1.165) is 0 Å². The zero-order chi connectivity index (χ0) is 5.28. The average Bonchev–Trinajstić information content (AvgIpc) is 1.87. The molecule has 1 aromatic rings. The minimum atomic E-state index is -0.164. The monoisotopic (exact) mass is 99.0 g/mol. The molecule has 0 spiro atoms. The normalized spacial score (nSPS) is 9.29. The van der Waals surface area contributed by atoms with Gasteiger partial charge in [-0.2, -0.15) is 5.10 Å². The lowest BCUT2D eigenvalue weighted by Gasteiger charge is -1.77. The maximum Gasteiger partial charge on any atom is 0.284 e. The fraction of sp³-hybridized carbons (Fsp3) is 0.333. The van der Waals surface area contributed by atoms with Crippen molar-refractivity contribution in [2.45, 2.75) is 0 Å². The molecule has 0 saturated carbocycles. The number of nitrogens with zero attached hydrogens (tertiary/aromatic N) is 2. The first-order valence-electron chi connectivity index (χ1n) is 1.87. The Morgan fingerprint density at radius 2 is 2.71 bits per heavy atom. The van der Waals surface area contributed by atoms with Crippen LogP contribution in [0.3, 0.4) is 0 Å². The van der Waals surface area contributed by atoms with Crippen LogP contribution in [0.1, 0.15) is 0 Å². The third kappa shape index (κ3) is 0.677. The Labute approximate surface area is 39.8 Å². The molecule has 0 aromatic carbocycles. The number of aromatic nitrogens is 3. The highest BCUT2D eigenvalue weighted by molar-refractivity contribution is 4.62. The predicted octanol–water partition coefficient (Wildman–Crippen LogP) is -0.892. The Balaban J connectivity index is 3.30. The molecular weight excluding hydrogens is 94.1 g/mol. The molecule has 1 heterocycles. The van der Waals surface area contributed by atoms with Crippen LogP contribution in [-0.4, -0.2) is 15.0 Å². The second-order valence-corrected chi connectivity index (χ2v) is 1.24. The van der Waals surface area contributed by atoms with E-state index in [0.29, 0.717) is 0 Å². The topological polar surface area (TPSA) is 50.7 Å². The number of nitrogens with one attached hydrogen (secondary N) is 1. The van der Waals surface area contributed by atoms with E-state index in [2.05, 4.69) is 10.2 Å². The SMILES string of the molecule is Cn1ncc(=O)[nH]1. The smallest absolute Gasteiger partial charge is 0.266 e. The van der Waals surface area contributed by atoms with Crippen molar-refractivity contribution in [3.63, 3.8) is 0 Å². The number of rotatable bonds is 0. The van der Waals surface area contributed by atoms with Crippen LogP contribution < -0.4 is 5.56 Å². The lowest BCUT2D eigenvalue weighted by Crippen LogP contribution is -2.00. The van der Waals surface area contributed by atoms with Crippen LogP contribution in [0.15, 0.2) is 11.0 Å². The zero-order valence-corrected chi connectivity index (χ0v) is 3.88. The summed E-state index contributed by atoms with van der Waals surface area (Å²) in [5.41, 5.74) is -0.164. The Hall–Kier alpha value is -1.06. The van der Waals surface area contributed by atoms with Gasteiger partial charge in [-0.3, -0.25) is 4.79 Å². The molecule has 0 unspecified atom stereocenters. The molecule has 1 N–H and O–H groups in total. The van der Waals surface area contributed by atoms with Crippen LogP contribution in [-0.2, 0) is 7.05 Å². The summed E-state index contributed by atoms with van der Waals surface area (Å²) in [5.74, 6) is 0. The molecule has 0 atom stereocenters. The standard InChI is InChI=1S/C3H5N3O/c1-6-4-2-3(7)5-6/h2H,1H3,(H,5,7). The van der Waals surface area contributed by atoms with Crippen molar-refractivity contribution in [1.82, 2.24) is 15.0 Å². The summed E-state index contributed by atoms with van der Waals surface area (Å²) in [6.45, 7) is 0. The van der Waals surface area contributed by atoms with Crippen LogP contribution in [0.25, 0.3) is 0 Å². The minimum Gasteiger partial charge on any atom is -0.266 e. The van der Waals surface area contributed by atoms with Crippen molar-refractivity contribution in [2.75, 3.05) is 0 Å². The highest BCUT2D eigenvalue weighted by Crippen LogP contribution is 1.54.